The zero-order valence-corrected chi connectivity index (χ0v) is 15.1. The molecule has 6 nitrogen and oxygen atoms in total. The van der Waals surface area contributed by atoms with Crippen molar-refractivity contribution >= 4 is 28.9 Å². The van der Waals surface area contributed by atoms with Crippen molar-refractivity contribution in [2.45, 2.75) is 30.6 Å². The van der Waals surface area contributed by atoms with Crippen LogP contribution in [0, 0.1) is 0 Å². The Balaban J connectivity index is 1.54. The van der Waals surface area contributed by atoms with E-state index in [4.69, 9.17) is 9.15 Å². The van der Waals surface area contributed by atoms with E-state index >= 15 is 0 Å². The average molecular weight is 375 g/mol. The minimum atomic E-state index is -0.0562. The molecule has 1 saturated heterocycles. The molecule has 0 bridgehead atoms. The molecule has 0 unspecified atom stereocenters. The maximum atomic E-state index is 12.2. The molecule has 1 fully saturated rings. The van der Waals surface area contributed by atoms with Crippen LogP contribution in [0.25, 0.3) is 10.7 Å². The third-order valence-electron chi connectivity index (χ3n) is 4.00. The summed E-state index contributed by atoms with van der Waals surface area (Å²) in [5, 5.41) is 11.4. The van der Waals surface area contributed by atoms with Gasteiger partial charge in [-0.15, -0.1) is 21.5 Å². The lowest BCUT2D eigenvalue weighted by molar-refractivity contribution is 0.0953. The number of hydrogen-bond acceptors (Lipinski definition) is 7. The van der Waals surface area contributed by atoms with E-state index in [9.17, 15) is 4.79 Å². The lowest BCUT2D eigenvalue weighted by Crippen LogP contribution is -2.17. The quantitative estimate of drug-likeness (QED) is 0.463. The SMILES string of the molecule is O=C(CSc1nnc(-c2cccs2)n1C[C@@H]1CCCO1)c1ccco1. The number of ether oxygens (including phenoxy) is 1. The highest BCUT2D eigenvalue weighted by atomic mass is 32.2. The standard InChI is InChI=1S/C17H17N3O3S2/c21-13(14-5-2-8-23-14)11-25-17-19-18-16(15-6-3-9-24-15)20(17)10-12-4-1-7-22-12/h2-3,5-6,8-9,12H,1,4,7,10-11H2/t12-/m0/s1. The Hall–Kier alpha value is -1.90. The summed E-state index contributed by atoms with van der Waals surface area (Å²) in [5.74, 6) is 1.41. The Labute approximate surface area is 153 Å². The summed E-state index contributed by atoms with van der Waals surface area (Å²) in [4.78, 5) is 13.2. The summed E-state index contributed by atoms with van der Waals surface area (Å²) in [5.41, 5.74) is 0. The number of Topliss-reactive ketones (excluding diaryl/α,β-unsaturated/α-hetero) is 1. The Morgan fingerprint density at radius 3 is 3.04 bits per heavy atom. The molecule has 4 rings (SSSR count). The van der Waals surface area contributed by atoms with E-state index < -0.39 is 0 Å². The molecule has 0 spiro atoms. The molecule has 3 aromatic heterocycles. The molecule has 1 aliphatic heterocycles. The number of ketones is 1. The second-order valence-electron chi connectivity index (χ2n) is 5.72. The molecular formula is C17H17N3O3S2. The number of carbonyl (C=O) groups excluding carboxylic acids is 1. The number of thiophene rings is 1. The normalized spacial score (nSPS) is 17.2. The summed E-state index contributed by atoms with van der Waals surface area (Å²) in [7, 11) is 0. The van der Waals surface area contributed by atoms with Crippen LogP contribution in [0.2, 0.25) is 0 Å². The number of hydrogen-bond donors (Lipinski definition) is 0. The molecule has 8 heteroatoms. The van der Waals surface area contributed by atoms with E-state index in [-0.39, 0.29) is 17.6 Å². The summed E-state index contributed by atoms with van der Waals surface area (Å²) in [6, 6.07) is 7.42. The van der Waals surface area contributed by atoms with Crippen molar-refractivity contribution in [3.05, 3.63) is 41.7 Å². The zero-order valence-electron chi connectivity index (χ0n) is 13.5. The predicted molar refractivity (Wildman–Crippen MR) is 96.1 cm³/mol. The number of rotatable bonds is 7. The van der Waals surface area contributed by atoms with E-state index in [0.717, 1.165) is 35.3 Å². The fourth-order valence-electron chi connectivity index (χ4n) is 2.78. The maximum Gasteiger partial charge on any atom is 0.208 e. The topological polar surface area (TPSA) is 70.2 Å². The number of thioether (sulfide) groups is 1. The highest BCUT2D eigenvalue weighted by molar-refractivity contribution is 7.99. The number of aromatic nitrogens is 3. The lowest BCUT2D eigenvalue weighted by Gasteiger charge is -2.14. The van der Waals surface area contributed by atoms with Crippen LogP contribution in [0.5, 0.6) is 0 Å². The predicted octanol–water partition coefficient (Wildman–Crippen LogP) is 3.75. The zero-order chi connectivity index (χ0) is 17.1. The lowest BCUT2D eigenvalue weighted by atomic mass is 10.2. The minimum Gasteiger partial charge on any atom is -0.461 e. The first-order valence-corrected chi connectivity index (χ1v) is 9.96. The molecule has 0 aliphatic carbocycles. The van der Waals surface area contributed by atoms with Gasteiger partial charge in [0.25, 0.3) is 0 Å². The van der Waals surface area contributed by atoms with Crippen molar-refractivity contribution in [3.8, 4) is 10.7 Å². The van der Waals surface area contributed by atoms with Gasteiger partial charge in [-0.2, -0.15) is 0 Å². The van der Waals surface area contributed by atoms with Crippen molar-refractivity contribution in [1.29, 1.82) is 0 Å². The van der Waals surface area contributed by atoms with Crippen LogP contribution in [-0.4, -0.2) is 39.0 Å². The first-order valence-electron chi connectivity index (χ1n) is 8.09. The van der Waals surface area contributed by atoms with Gasteiger partial charge in [0.1, 0.15) is 0 Å². The summed E-state index contributed by atoms with van der Waals surface area (Å²) < 4.78 is 13.0. The van der Waals surface area contributed by atoms with Gasteiger partial charge in [-0.25, -0.2) is 0 Å². The molecule has 130 valence electrons. The minimum absolute atomic E-state index is 0.0562. The molecule has 0 radical (unpaired) electrons. The van der Waals surface area contributed by atoms with Gasteiger partial charge in [-0.1, -0.05) is 17.8 Å². The third kappa shape index (κ3) is 3.70. The molecule has 0 saturated carbocycles. The molecule has 4 heterocycles. The highest BCUT2D eigenvalue weighted by Crippen LogP contribution is 2.29. The second-order valence-corrected chi connectivity index (χ2v) is 7.61. The molecule has 0 amide bonds. The molecule has 3 aromatic rings. The van der Waals surface area contributed by atoms with Gasteiger partial charge in [-0.3, -0.25) is 9.36 Å². The monoisotopic (exact) mass is 375 g/mol. The van der Waals surface area contributed by atoms with Crippen LogP contribution in [-0.2, 0) is 11.3 Å². The maximum absolute atomic E-state index is 12.2. The van der Waals surface area contributed by atoms with Crippen molar-refractivity contribution in [1.82, 2.24) is 14.8 Å². The smallest absolute Gasteiger partial charge is 0.208 e. The van der Waals surface area contributed by atoms with Crippen LogP contribution in [0.1, 0.15) is 23.4 Å². The molecular weight excluding hydrogens is 358 g/mol. The van der Waals surface area contributed by atoms with Gasteiger partial charge < -0.3 is 9.15 Å². The molecule has 1 atom stereocenters. The van der Waals surface area contributed by atoms with Crippen LogP contribution in [0.4, 0.5) is 0 Å². The van der Waals surface area contributed by atoms with Crippen molar-refractivity contribution in [3.63, 3.8) is 0 Å². The summed E-state index contributed by atoms with van der Waals surface area (Å²) >= 11 is 3.01. The van der Waals surface area contributed by atoms with E-state index in [0.29, 0.717) is 12.3 Å². The van der Waals surface area contributed by atoms with E-state index in [1.807, 2.05) is 17.5 Å². The van der Waals surface area contributed by atoms with Gasteiger partial charge in [0.2, 0.25) is 5.78 Å². The summed E-state index contributed by atoms with van der Waals surface area (Å²) in [6.45, 7) is 1.51. The Kier molecular flexibility index (Phi) is 5.00. The first-order chi connectivity index (χ1) is 12.3. The van der Waals surface area contributed by atoms with Crippen LogP contribution >= 0.6 is 23.1 Å². The summed E-state index contributed by atoms with van der Waals surface area (Å²) in [6.07, 6.45) is 3.81. The van der Waals surface area contributed by atoms with Gasteiger partial charge >= 0.3 is 0 Å². The van der Waals surface area contributed by atoms with E-state index in [1.165, 1.54) is 18.0 Å². The van der Waals surface area contributed by atoms with Gasteiger partial charge in [-0.05, 0) is 36.4 Å². The Morgan fingerprint density at radius 2 is 2.32 bits per heavy atom. The Bertz CT molecular complexity index is 822. The van der Waals surface area contributed by atoms with Gasteiger partial charge in [0.05, 0.1) is 29.5 Å². The van der Waals surface area contributed by atoms with Crippen LogP contribution in [0.3, 0.4) is 0 Å². The number of nitrogens with zero attached hydrogens (tertiary/aromatic N) is 3. The van der Waals surface area contributed by atoms with Crippen molar-refractivity contribution in [2.24, 2.45) is 0 Å². The molecule has 0 aromatic carbocycles. The number of carbonyl (C=O) groups is 1. The van der Waals surface area contributed by atoms with E-state index in [2.05, 4.69) is 14.8 Å². The number of furan rings is 1. The fourth-order valence-corrected chi connectivity index (χ4v) is 4.31. The van der Waals surface area contributed by atoms with Crippen molar-refractivity contribution < 1.29 is 13.9 Å². The molecule has 25 heavy (non-hydrogen) atoms. The third-order valence-corrected chi connectivity index (χ3v) is 5.83. The average Bonchev–Trinajstić information content (AvgIpc) is 3.40. The Morgan fingerprint density at radius 1 is 1.36 bits per heavy atom. The first kappa shape index (κ1) is 16.6. The molecule has 0 N–H and O–H groups in total. The second kappa shape index (κ2) is 7.55. The van der Waals surface area contributed by atoms with Gasteiger partial charge in [0.15, 0.2) is 16.7 Å². The van der Waals surface area contributed by atoms with E-state index in [1.54, 1.807) is 23.5 Å². The largest absolute Gasteiger partial charge is 0.461 e. The highest BCUT2D eigenvalue weighted by Gasteiger charge is 2.23. The van der Waals surface area contributed by atoms with Crippen molar-refractivity contribution in [2.75, 3.05) is 12.4 Å². The van der Waals surface area contributed by atoms with Gasteiger partial charge in [0, 0.05) is 6.61 Å². The van der Waals surface area contributed by atoms with Crippen LogP contribution in [0.15, 0.2) is 45.5 Å². The fraction of sp³-hybridized carbons (Fsp3) is 0.353. The molecule has 1 aliphatic rings. The van der Waals surface area contributed by atoms with Crippen LogP contribution < -0.4 is 0 Å².